The maximum absolute atomic E-state index is 4.56. The van der Waals surface area contributed by atoms with Gasteiger partial charge in [0.2, 0.25) is 0 Å². The summed E-state index contributed by atoms with van der Waals surface area (Å²) in [5, 5.41) is 0. The van der Waals surface area contributed by atoms with Crippen LogP contribution in [0.2, 0.25) is 0 Å². The molecule has 0 fully saturated rings. The Kier molecular flexibility index (Phi) is 7.64. The molecule has 2 aromatic heterocycles. The zero-order valence-corrected chi connectivity index (χ0v) is 25.2. The van der Waals surface area contributed by atoms with E-state index in [9.17, 15) is 0 Å². The first-order chi connectivity index (χ1) is 21.2. The quantitative estimate of drug-likeness (QED) is 0.186. The third-order valence-electron chi connectivity index (χ3n) is 8.02. The summed E-state index contributed by atoms with van der Waals surface area (Å²) in [5.74, 6) is 0. The van der Waals surface area contributed by atoms with Crippen molar-refractivity contribution in [3.05, 3.63) is 168 Å². The van der Waals surface area contributed by atoms with Gasteiger partial charge in [-0.1, -0.05) is 113 Å². The van der Waals surface area contributed by atoms with Gasteiger partial charge in [-0.2, -0.15) is 0 Å². The van der Waals surface area contributed by atoms with Crippen LogP contribution in [0.15, 0.2) is 156 Å². The molecule has 0 bridgehead atoms. The lowest BCUT2D eigenvalue weighted by Crippen LogP contribution is -1.97. The molecule has 0 saturated heterocycles. The average molecular weight is 618 g/mol. The Labute approximate surface area is 261 Å². The number of hydrogen-bond acceptors (Lipinski definition) is 2. The first kappa shape index (κ1) is 27.0. The predicted octanol–water partition coefficient (Wildman–Crippen LogP) is 11.2. The number of hydrogen-bond donors (Lipinski definition) is 0. The van der Waals surface area contributed by atoms with Crippen LogP contribution in [-0.2, 0) is 0 Å². The van der Waals surface area contributed by atoms with Crippen molar-refractivity contribution in [3.8, 4) is 44.6 Å². The van der Waals surface area contributed by atoms with Crippen molar-refractivity contribution >= 4 is 27.1 Å². The molecule has 0 saturated carbocycles. The zero-order chi connectivity index (χ0) is 29.0. The third-order valence-corrected chi connectivity index (χ3v) is 8.48. The highest BCUT2D eigenvalue weighted by Gasteiger charge is 2.16. The van der Waals surface area contributed by atoms with Crippen molar-refractivity contribution in [2.24, 2.45) is 0 Å². The number of rotatable bonds is 6. The minimum Gasteiger partial charge on any atom is -0.257 e. The molecule has 2 heterocycles. The Morgan fingerprint density at radius 1 is 0.419 bits per heavy atom. The molecular formula is C40H29BrN2. The van der Waals surface area contributed by atoms with Crippen molar-refractivity contribution in [2.45, 2.75) is 12.8 Å². The highest BCUT2D eigenvalue weighted by molar-refractivity contribution is 9.10. The summed E-state index contributed by atoms with van der Waals surface area (Å²) >= 11 is 3.84. The smallest absolute Gasteiger partial charge is 0.0701 e. The Hall–Kier alpha value is -4.86. The molecule has 1 aliphatic rings. The number of nitrogens with zero attached hydrogens (tertiary/aromatic N) is 2. The van der Waals surface area contributed by atoms with E-state index in [0.29, 0.717) is 0 Å². The van der Waals surface area contributed by atoms with E-state index in [4.69, 9.17) is 0 Å². The van der Waals surface area contributed by atoms with E-state index < -0.39 is 0 Å². The third kappa shape index (κ3) is 5.77. The summed E-state index contributed by atoms with van der Waals surface area (Å²) in [6.07, 6.45) is 10.2. The summed E-state index contributed by atoms with van der Waals surface area (Å²) < 4.78 is 1.06. The average Bonchev–Trinajstić information content (AvgIpc) is 3.09. The molecular weight excluding hydrogens is 588 g/mol. The maximum Gasteiger partial charge on any atom is 0.0701 e. The number of benzene rings is 4. The highest BCUT2D eigenvalue weighted by atomic mass is 79.9. The Morgan fingerprint density at radius 2 is 0.907 bits per heavy atom. The van der Waals surface area contributed by atoms with E-state index >= 15 is 0 Å². The normalized spacial score (nSPS) is 12.9. The molecule has 1 aliphatic carbocycles. The summed E-state index contributed by atoms with van der Waals surface area (Å²) in [6, 6.07) is 45.0. The van der Waals surface area contributed by atoms with Gasteiger partial charge in [0, 0.05) is 22.4 Å². The fraction of sp³-hybridized carbons (Fsp3) is 0.0500. The van der Waals surface area contributed by atoms with Gasteiger partial charge in [0.15, 0.2) is 0 Å². The van der Waals surface area contributed by atoms with Crippen molar-refractivity contribution in [3.63, 3.8) is 0 Å². The van der Waals surface area contributed by atoms with Crippen LogP contribution in [0.1, 0.15) is 24.1 Å². The highest BCUT2D eigenvalue weighted by Crippen LogP contribution is 2.40. The lowest BCUT2D eigenvalue weighted by molar-refractivity contribution is 1.05. The standard InChI is InChI=1S/C40H29BrN2/c41-34-26-32(37-11-3-1-9-35(37)28-15-19-30(20-16-28)39-13-5-7-23-42-39)25-33(27-34)38-12-4-2-10-36(38)29-17-21-31(22-18-29)40-14-6-8-24-43-40/h1-17,19-21,23-27H,18,22H2. The molecule has 0 unspecified atom stereocenters. The van der Waals surface area contributed by atoms with Crippen LogP contribution in [0.4, 0.5) is 0 Å². The first-order valence-corrected chi connectivity index (χ1v) is 15.3. The molecule has 0 aliphatic heterocycles. The minimum atomic E-state index is 0.980. The van der Waals surface area contributed by atoms with Gasteiger partial charge in [0.25, 0.3) is 0 Å². The van der Waals surface area contributed by atoms with Gasteiger partial charge in [-0.3, -0.25) is 9.97 Å². The monoisotopic (exact) mass is 616 g/mol. The van der Waals surface area contributed by atoms with Gasteiger partial charge in [0.05, 0.1) is 11.4 Å². The predicted molar refractivity (Wildman–Crippen MR) is 183 cm³/mol. The second kappa shape index (κ2) is 12.2. The van der Waals surface area contributed by atoms with Crippen molar-refractivity contribution in [2.75, 3.05) is 0 Å². The largest absolute Gasteiger partial charge is 0.257 e. The summed E-state index contributed by atoms with van der Waals surface area (Å²) in [4.78, 5) is 9.06. The SMILES string of the molecule is Brc1cc(-c2ccccc2C2=CC=C(c3ccccn3)CC2)cc(-c2ccccc2-c2ccc(-c3ccccn3)cc2)c1. The molecule has 6 aromatic rings. The van der Waals surface area contributed by atoms with E-state index in [2.05, 4.69) is 141 Å². The molecule has 3 heteroatoms. The van der Waals surface area contributed by atoms with E-state index in [-0.39, 0.29) is 0 Å². The van der Waals surface area contributed by atoms with Crippen LogP contribution in [0.3, 0.4) is 0 Å². The van der Waals surface area contributed by atoms with Crippen LogP contribution in [-0.4, -0.2) is 9.97 Å². The van der Waals surface area contributed by atoms with Crippen LogP contribution in [0.25, 0.3) is 55.8 Å². The van der Waals surface area contributed by atoms with Gasteiger partial charge in [0.1, 0.15) is 0 Å². The molecule has 4 aromatic carbocycles. The van der Waals surface area contributed by atoms with Gasteiger partial charge < -0.3 is 0 Å². The first-order valence-electron chi connectivity index (χ1n) is 14.6. The topological polar surface area (TPSA) is 25.8 Å². The lowest BCUT2D eigenvalue weighted by Gasteiger charge is -2.19. The van der Waals surface area contributed by atoms with E-state index in [0.717, 1.165) is 34.3 Å². The second-order valence-corrected chi connectivity index (χ2v) is 11.6. The van der Waals surface area contributed by atoms with Crippen LogP contribution in [0, 0.1) is 0 Å². The van der Waals surface area contributed by atoms with Crippen molar-refractivity contribution < 1.29 is 0 Å². The Morgan fingerprint density at radius 3 is 1.49 bits per heavy atom. The van der Waals surface area contributed by atoms with Gasteiger partial charge in [-0.05, 0) is 105 Å². The van der Waals surface area contributed by atoms with Crippen LogP contribution in [0.5, 0.6) is 0 Å². The van der Waals surface area contributed by atoms with E-state index in [1.807, 2.05) is 36.7 Å². The Bertz CT molecular complexity index is 1960. The number of aromatic nitrogens is 2. The Balaban J connectivity index is 1.25. The van der Waals surface area contributed by atoms with Crippen LogP contribution >= 0.6 is 15.9 Å². The van der Waals surface area contributed by atoms with Crippen molar-refractivity contribution in [1.29, 1.82) is 0 Å². The van der Waals surface area contributed by atoms with Gasteiger partial charge in [-0.25, -0.2) is 0 Å². The van der Waals surface area contributed by atoms with E-state index in [1.165, 1.54) is 50.1 Å². The summed E-state index contributed by atoms with van der Waals surface area (Å²) in [7, 11) is 0. The fourth-order valence-corrected chi connectivity index (χ4v) is 6.38. The summed E-state index contributed by atoms with van der Waals surface area (Å²) in [6.45, 7) is 0. The molecule has 2 nitrogen and oxygen atoms in total. The number of allylic oxidation sites excluding steroid dienone is 4. The second-order valence-electron chi connectivity index (χ2n) is 10.7. The number of halogens is 1. The molecule has 43 heavy (non-hydrogen) atoms. The molecule has 0 radical (unpaired) electrons. The van der Waals surface area contributed by atoms with Gasteiger partial charge >= 0.3 is 0 Å². The minimum absolute atomic E-state index is 0.980. The molecule has 7 rings (SSSR count). The molecule has 0 N–H and O–H groups in total. The lowest BCUT2D eigenvalue weighted by atomic mass is 9.86. The zero-order valence-electron chi connectivity index (χ0n) is 23.6. The molecule has 0 spiro atoms. The molecule has 206 valence electrons. The van der Waals surface area contributed by atoms with Crippen molar-refractivity contribution in [1.82, 2.24) is 9.97 Å². The number of pyridine rings is 2. The van der Waals surface area contributed by atoms with Crippen LogP contribution < -0.4 is 0 Å². The van der Waals surface area contributed by atoms with E-state index in [1.54, 1.807) is 0 Å². The van der Waals surface area contributed by atoms with Gasteiger partial charge in [-0.15, -0.1) is 0 Å². The summed E-state index contributed by atoms with van der Waals surface area (Å²) in [5.41, 5.74) is 14.3. The maximum atomic E-state index is 4.56. The molecule has 0 atom stereocenters. The fourth-order valence-electron chi connectivity index (χ4n) is 5.88. The molecule has 0 amide bonds.